The summed E-state index contributed by atoms with van der Waals surface area (Å²) < 4.78 is 0. The molecule has 0 bridgehead atoms. The van der Waals surface area contributed by atoms with Crippen molar-refractivity contribution in [3.05, 3.63) is 121 Å². The molecule has 0 aliphatic heterocycles. The normalized spacial score (nSPS) is 11.0. The van der Waals surface area contributed by atoms with Crippen LogP contribution in [0.2, 0.25) is 0 Å². The molecule has 0 aliphatic rings. The van der Waals surface area contributed by atoms with E-state index in [1.54, 1.807) is 0 Å². The quantitative estimate of drug-likeness (QED) is 0.238. The Morgan fingerprint density at radius 3 is 0.903 bits per heavy atom. The molecule has 4 rings (SSSR count). The van der Waals surface area contributed by atoms with E-state index in [0.29, 0.717) is 0 Å². The van der Waals surface area contributed by atoms with Crippen LogP contribution in [-0.4, -0.2) is 24.5 Å². The van der Waals surface area contributed by atoms with E-state index in [1.807, 2.05) is 0 Å². The van der Waals surface area contributed by atoms with Crippen LogP contribution in [0.4, 0.5) is 0 Å². The largest absolute Gasteiger partial charge is 0.240 e. The van der Waals surface area contributed by atoms with Gasteiger partial charge in [-0.2, -0.15) is 0 Å². The van der Waals surface area contributed by atoms with Gasteiger partial charge in [0.2, 0.25) is 0 Å². The third-order valence-electron chi connectivity index (χ3n) is 5.35. The van der Waals surface area contributed by atoms with E-state index >= 15 is 0 Å². The van der Waals surface area contributed by atoms with Gasteiger partial charge in [-0.15, -0.1) is 0 Å². The van der Waals surface area contributed by atoms with Crippen LogP contribution >= 0.6 is 15.8 Å². The van der Waals surface area contributed by atoms with Crippen molar-refractivity contribution in [3.8, 4) is 0 Å². The molecule has 4 aromatic rings. The van der Waals surface area contributed by atoms with E-state index < -0.39 is 15.8 Å². The van der Waals surface area contributed by atoms with Gasteiger partial charge in [-0.1, -0.05) is 72.8 Å². The van der Waals surface area contributed by atoms with E-state index in [0.717, 1.165) is 12.6 Å². The predicted octanol–water partition coefficient (Wildman–Crippen LogP) is 4.56. The minimum atomic E-state index is -0.865. The Morgan fingerprint density at radius 2 is 0.677 bits per heavy atom. The molecule has 159 valence electrons. The molecule has 0 unspecified atom stereocenters. The maximum absolute atomic E-state index is 2.57. The van der Waals surface area contributed by atoms with Gasteiger partial charge in [-0.05, 0) is 55.6 Å². The Labute approximate surface area is 201 Å². The summed E-state index contributed by atoms with van der Waals surface area (Å²) in [5.74, 6) is 0. The first kappa shape index (κ1) is 24.0. The van der Waals surface area contributed by atoms with Crippen molar-refractivity contribution in [2.24, 2.45) is 0 Å². The molecule has 1 nitrogen and oxygen atoms in total. The van der Waals surface area contributed by atoms with Gasteiger partial charge in [-0.25, -0.2) is 4.90 Å². The molecule has 0 heterocycles. The first-order valence-electron chi connectivity index (χ1n) is 10.4. The standard InChI is InChI=1S/C27H27NP2.Rh/c1-28(22-29(24-14-6-2-7-15-24)25-16-8-3-9-17-25)23-30(26-18-10-4-11-19-26)27-20-12-5-13-21-27;/h2-21H,22-23H2,1H3;/p+2. The summed E-state index contributed by atoms with van der Waals surface area (Å²) in [6.45, 7) is 0. The summed E-state index contributed by atoms with van der Waals surface area (Å²) in [5, 5.41) is 5.92. The van der Waals surface area contributed by atoms with Crippen LogP contribution in [0.3, 0.4) is 0 Å². The molecule has 0 saturated carbocycles. The summed E-state index contributed by atoms with van der Waals surface area (Å²) in [4.78, 5) is 2.57. The number of hydrogen-bond acceptors (Lipinski definition) is 1. The third kappa shape index (κ3) is 6.65. The molecule has 0 aromatic heterocycles. The van der Waals surface area contributed by atoms with Crippen LogP contribution in [0.1, 0.15) is 0 Å². The zero-order chi connectivity index (χ0) is 20.6. The molecule has 4 aromatic carbocycles. The van der Waals surface area contributed by atoms with Gasteiger partial charge >= 0.3 is 0 Å². The fourth-order valence-corrected chi connectivity index (χ4v) is 9.15. The van der Waals surface area contributed by atoms with Crippen LogP contribution in [0, 0.1) is 0 Å². The van der Waals surface area contributed by atoms with Crippen LogP contribution in [0.25, 0.3) is 0 Å². The first-order valence-corrected chi connectivity index (χ1v) is 13.8. The summed E-state index contributed by atoms with van der Waals surface area (Å²) in [5.41, 5.74) is 0. The Morgan fingerprint density at radius 1 is 0.452 bits per heavy atom. The van der Waals surface area contributed by atoms with Gasteiger partial charge < -0.3 is 0 Å². The summed E-state index contributed by atoms with van der Waals surface area (Å²) >= 11 is 0. The van der Waals surface area contributed by atoms with E-state index in [1.165, 1.54) is 21.2 Å². The fraction of sp³-hybridized carbons (Fsp3) is 0.111. The van der Waals surface area contributed by atoms with Gasteiger partial charge in [0.05, 0.1) is 37.1 Å². The summed E-state index contributed by atoms with van der Waals surface area (Å²) in [7, 11) is 0.569. The van der Waals surface area contributed by atoms with Gasteiger partial charge in [0.15, 0.2) is 0 Å². The SMILES string of the molecule is CN(C[PH+](c1ccccc1)c1ccccc1)C[PH+](c1ccccc1)c1ccccc1.[Rh]. The van der Waals surface area contributed by atoms with E-state index in [2.05, 4.69) is 133 Å². The molecule has 0 atom stereocenters. The van der Waals surface area contributed by atoms with Crippen molar-refractivity contribution in [2.75, 3.05) is 19.6 Å². The Kier molecular flexibility index (Phi) is 9.58. The first-order chi connectivity index (χ1) is 14.8. The minimum Gasteiger partial charge on any atom is -0.240 e. The van der Waals surface area contributed by atoms with Crippen LogP contribution in [-0.2, 0) is 19.5 Å². The van der Waals surface area contributed by atoms with Gasteiger partial charge in [0, 0.05) is 19.5 Å². The van der Waals surface area contributed by atoms with E-state index in [4.69, 9.17) is 0 Å². The van der Waals surface area contributed by atoms with Crippen molar-refractivity contribution in [3.63, 3.8) is 0 Å². The van der Waals surface area contributed by atoms with Crippen molar-refractivity contribution in [1.82, 2.24) is 4.90 Å². The van der Waals surface area contributed by atoms with Crippen LogP contribution in [0.15, 0.2) is 121 Å². The van der Waals surface area contributed by atoms with Gasteiger partial charge in [-0.3, -0.25) is 0 Å². The second-order valence-corrected chi connectivity index (χ2v) is 12.4. The maximum atomic E-state index is 2.57. The average Bonchev–Trinajstić information content (AvgIpc) is 2.83. The number of hydrogen-bond donors (Lipinski definition) is 0. The molecule has 0 N–H and O–H groups in total. The van der Waals surface area contributed by atoms with Crippen molar-refractivity contribution in [2.45, 2.75) is 0 Å². The molecular formula is C27H29NP2Rh+2. The second kappa shape index (κ2) is 12.4. The fourth-order valence-electron chi connectivity index (χ4n) is 3.85. The number of benzene rings is 4. The molecule has 0 saturated heterocycles. The Bertz CT molecular complexity index is 850. The molecular weight excluding hydrogens is 503 g/mol. The van der Waals surface area contributed by atoms with Crippen molar-refractivity contribution >= 4 is 37.1 Å². The van der Waals surface area contributed by atoms with Crippen LogP contribution in [0.5, 0.6) is 0 Å². The predicted molar refractivity (Wildman–Crippen MR) is 138 cm³/mol. The molecule has 0 aliphatic carbocycles. The molecule has 31 heavy (non-hydrogen) atoms. The Hall–Kier alpha value is -1.68. The van der Waals surface area contributed by atoms with Crippen molar-refractivity contribution < 1.29 is 19.5 Å². The minimum absolute atomic E-state index is 0. The molecule has 0 spiro atoms. The van der Waals surface area contributed by atoms with Gasteiger partial charge in [0.1, 0.15) is 12.6 Å². The molecule has 4 heteroatoms. The Balaban J connectivity index is 0.00000272. The molecule has 0 amide bonds. The second-order valence-electron chi connectivity index (χ2n) is 7.59. The number of rotatable bonds is 8. The zero-order valence-electron chi connectivity index (χ0n) is 17.7. The molecule has 0 fully saturated rings. The zero-order valence-corrected chi connectivity index (χ0v) is 21.4. The molecule has 1 radical (unpaired) electrons. The monoisotopic (exact) mass is 532 g/mol. The topological polar surface area (TPSA) is 3.24 Å². The van der Waals surface area contributed by atoms with E-state index in [9.17, 15) is 0 Å². The van der Waals surface area contributed by atoms with Crippen molar-refractivity contribution in [1.29, 1.82) is 0 Å². The summed E-state index contributed by atoms with van der Waals surface area (Å²) in [6.07, 6.45) is 2.21. The average molecular weight is 532 g/mol. The maximum Gasteiger partial charge on any atom is 0.121 e. The van der Waals surface area contributed by atoms with Gasteiger partial charge in [0.25, 0.3) is 0 Å². The third-order valence-corrected chi connectivity index (χ3v) is 11.2. The summed E-state index contributed by atoms with van der Waals surface area (Å²) in [6, 6.07) is 44.2. The number of nitrogens with zero attached hydrogens (tertiary/aromatic N) is 1. The van der Waals surface area contributed by atoms with Crippen LogP contribution < -0.4 is 21.2 Å². The van der Waals surface area contributed by atoms with E-state index in [-0.39, 0.29) is 19.5 Å². The smallest absolute Gasteiger partial charge is 0.121 e.